The highest BCUT2D eigenvalue weighted by atomic mass is 35.5. The van der Waals surface area contributed by atoms with Gasteiger partial charge in [-0.15, -0.1) is 0 Å². The second kappa shape index (κ2) is 6.89. The zero-order valence-electron chi connectivity index (χ0n) is 12.1. The van der Waals surface area contributed by atoms with E-state index in [1.54, 1.807) is 6.20 Å². The average molecular weight is 334 g/mol. The number of H-pyrrole nitrogens is 1. The lowest BCUT2D eigenvalue weighted by molar-refractivity contribution is 0.575. The standard InChI is InChI=1S/C17H14ClF2N3/c18-14-3-1-12(2-4-14)17-13(10-22-23-17)9-21-8-11-5-15(19)7-16(20)6-11/h1-7,10,21H,8-9H2,(H,22,23). The number of hydrogen-bond acceptors (Lipinski definition) is 2. The highest BCUT2D eigenvalue weighted by Crippen LogP contribution is 2.22. The molecular weight excluding hydrogens is 320 g/mol. The summed E-state index contributed by atoms with van der Waals surface area (Å²) in [6.45, 7) is 0.881. The minimum Gasteiger partial charge on any atom is -0.308 e. The van der Waals surface area contributed by atoms with Crippen molar-refractivity contribution < 1.29 is 8.78 Å². The molecule has 0 saturated carbocycles. The number of benzene rings is 2. The second-order valence-corrected chi connectivity index (χ2v) is 5.59. The van der Waals surface area contributed by atoms with Crippen molar-refractivity contribution in [1.82, 2.24) is 15.5 Å². The summed E-state index contributed by atoms with van der Waals surface area (Å²) in [7, 11) is 0. The van der Waals surface area contributed by atoms with Gasteiger partial charge in [0.2, 0.25) is 0 Å². The van der Waals surface area contributed by atoms with Gasteiger partial charge in [0.05, 0.1) is 11.9 Å². The molecule has 0 bridgehead atoms. The number of rotatable bonds is 5. The molecule has 0 fully saturated rings. The van der Waals surface area contributed by atoms with Crippen LogP contribution >= 0.6 is 11.6 Å². The number of halogens is 3. The molecule has 0 spiro atoms. The Bertz CT molecular complexity index is 780. The molecule has 2 aromatic carbocycles. The molecule has 0 aliphatic rings. The van der Waals surface area contributed by atoms with E-state index in [0.717, 1.165) is 22.9 Å². The third kappa shape index (κ3) is 3.94. The van der Waals surface area contributed by atoms with E-state index >= 15 is 0 Å². The van der Waals surface area contributed by atoms with Gasteiger partial charge in [-0.05, 0) is 35.4 Å². The van der Waals surface area contributed by atoms with E-state index in [2.05, 4.69) is 15.5 Å². The van der Waals surface area contributed by atoms with Crippen LogP contribution in [-0.4, -0.2) is 10.2 Å². The van der Waals surface area contributed by atoms with Crippen molar-refractivity contribution in [2.24, 2.45) is 0 Å². The molecule has 0 saturated heterocycles. The van der Waals surface area contributed by atoms with Gasteiger partial charge in [-0.2, -0.15) is 5.10 Å². The first-order chi connectivity index (χ1) is 11.1. The molecule has 0 aliphatic heterocycles. The maximum Gasteiger partial charge on any atom is 0.126 e. The summed E-state index contributed by atoms with van der Waals surface area (Å²) in [6.07, 6.45) is 1.73. The van der Waals surface area contributed by atoms with E-state index in [9.17, 15) is 8.78 Å². The van der Waals surface area contributed by atoms with Gasteiger partial charge in [0.15, 0.2) is 0 Å². The van der Waals surface area contributed by atoms with E-state index < -0.39 is 11.6 Å². The number of nitrogens with zero attached hydrogens (tertiary/aromatic N) is 1. The van der Waals surface area contributed by atoms with Crippen LogP contribution in [-0.2, 0) is 13.1 Å². The van der Waals surface area contributed by atoms with E-state index in [-0.39, 0.29) is 0 Å². The van der Waals surface area contributed by atoms with Gasteiger partial charge in [-0.3, -0.25) is 5.10 Å². The Labute approximate surface area is 137 Å². The molecule has 1 aromatic heterocycles. The predicted octanol–water partition coefficient (Wildman–Crippen LogP) is 4.30. The van der Waals surface area contributed by atoms with Crippen molar-refractivity contribution in [3.63, 3.8) is 0 Å². The minimum atomic E-state index is -0.577. The van der Waals surface area contributed by atoms with E-state index in [4.69, 9.17) is 11.6 Å². The third-order valence-electron chi connectivity index (χ3n) is 3.42. The maximum atomic E-state index is 13.2. The third-order valence-corrected chi connectivity index (χ3v) is 3.67. The van der Waals surface area contributed by atoms with Crippen LogP contribution in [0.1, 0.15) is 11.1 Å². The number of aromatic amines is 1. The molecule has 23 heavy (non-hydrogen) atoms. The van der Waals surface area contributed by atoms with Gasteiger partial charge >= 0.3 is 0 Å². The van der Waals surface area contributed by atoms with Crippen molar-refractivity contribution >= 4 is 11.6 Å². The Balaban J connectivity index is 1.67. The summed E-state index contributed by atoms with van der Waals surface area (Å²) in [5, 5.41) is 10.8. The fraction of sp³-hybridized carbons (Fsp3) is 0.118. The van der Waals surface area contributed by atoms with Gasteiger partial charge in [0, 0.05) is 29.7 Å². The van der Waals surface area contributed by atoms with Gasteiger partial charge in [0.1, 0.15) is 11.6 Å². The van der Waals surface area contributed by atoms with Crippen molar-refractivity contribution in [2.45, 2.75) is 13.1 Å². The summed E-state index contributed by atoms with van der Waals surface area (Å²) < 4.78 is 26.3. The molecule has 3 aromatic rings. The largest absolute Gasteiger partial charge is 0.308 e. The first kappa shape index (κ1) is 15.6. The predicted molar refractivity (Wildman–Crippen MR) is 85.9 cm³/mol. The Morgan fingerprint density at radius 2 is 1.70 bits per heavy atom. The number of hydrogen-bond donors (Lipinski definition) is 2. The second-order valence-electron chi connectivity index (χ2n) is 5.16. The summed E-state index contributed by atoms with van der Waals surface area (Å²) in [6, 6.07) is 10.9. The minimum absolute atomic E-state index is 0.361. The molecule has 0 amide bonds. The molecule has 0 atom stereocenters. The van der Waals surface area contributed by atoms with Gasteiger partial charge in [0.25, 0.3) is 0 Å². The summed E-state index contributed by atoms with van der Waals surface area (Å²) >= 11 is 5.89. The monoisotopic (exact) mass is 333 g/mol. The molecule has 0 aliphatic carbocycles. The lowest BCUT2D eigenvalue weighted by atomic mass is 10.1. The van der Waals surface area contributed by atoms with Crippen LogP contribution in [0.5, 0.6) is 0 Å². The zero-order chi connectivity index (χ0) is 16.2. The molecule has 3 rings (SSSR count). The quantitative estimate of drug-likeness (QED) is 0.731. The fourth-order valence-electron chi connectivity index (χ4n) is 2.37. The van der Waals surface area contributed by atoms with Crippen molar-refractivity contribution in [3.8, 4) is 11.3 Å². The maximum absolute atomic E-state index is 13.2. The summed E-state index contributed by atoms with van der Waals surface area (Å²) in [4.78, 5) is 0. The Kier molecular flexibility index (Phi) is 4.69. The summed E-state index contributed by atoms with van der Waals surface area (Å²) in [5.74, 6) is -1.15. The first-order valence-electron chi connectivity index (χ1n) is 7.06. The number of aromatic nitrogens is 2. The van der Waals surface area contributed by atoms with Crippen LogP contribution in [0.15, 0.2) is 48.7 Å². The van der Waals surface area contributed by atoms with Crippen LogP contribution in [0.25, 0.3) is 11.3 Å². The summed E-state index contributed by atoms with van der Waals surface area (Å²) in [5.41, 5.74) is 3.38. The zero-order valence-corrected chi connectivity index (χ0v) is 12.9. The highest BCUT2D eigenvalue weighted by molar-refractivity contribution is 6.30. The van der Waals surface area contributed by atoms with Gasteiger partial charge in [-0.25, -0.2) is 8.78 Å². The molecule has 1 heterocycles. The van der Waals surface area contributed by atoms with E-state index in [0.29, 0.717) is 23.7 Å². The van der Waals surface area contributed by atoms with Crippen molar-refractivity contribution in [1.29, 1.82) is 0 Å². The Hall–Kier alpha value is -2.24. The van der Waals surface area contributed by atoms with Crippen LogP contribution < -0.4 is 5.32 Å². The SMILES string of the molecule is Fc1cc(F)cc(CNCc2cn[nH]c2-c2ccc(Cl)cc2)c1. The average Bonchev–Trinajstić information content (AvgIpc) is 2.95. The lowest BCUT2D eigenvalue weighted by Crippen LogP contribution is -2.13. The lowest BCUT2D eigenvalue weighted by Gasteiger charge is -2.07. The topological polar surface area (TPSA) is 40.7 Å². The number of nitrogens with one attached hydrogen (secondary N) is 2. The molecule has 0 radical (unpaired) electrons. The Morgan fingerprint density at radius 1 is 1.00 bits per heavy atom. The van der Waals surface area contributed by atoms with Crippen LogP contribution in [0.2, 0.25) is 5.02 Å². The molecule has 118 valence electrons. The fourth-order valence-corrected chi connectivity index (χ4v) is 2.49. The Morgan fingerprint density at radius 3 is 2.39 bits per heavy atom. The van der Waals surface area contributed by atoms with Gasteiger partial charge in [-0.1, -0.05) is 23.7 Å². The highest BCUT2D eigenvalue weighted by Gasteiger charge is 2.08. The molecular formula is C17H14ClF2N3. The van der Waals surface area contributed by atoms with Crippen LogP contribution in [0.3, 0.4) is 0 Å². The molecule has 2 N–H and O–H groups in total. The molecule has 3 nitrogen and oxygen atoms in total. The van der Waals surface area contributed by atoms with E-state index in [1.807, 2.05) is 24.3 Å². The van der Waals surface area contributed by atoms with Crippen LogP contribution in [0, 0.1) is 11.6 Å². The van der Waals surface area contributed by atoms with Crippen molar-refractivity contribution in [2.75, 3.05) is 0 Å². The molecule has 6 heteroatoms. The van der Waals surface area contributed by atoms with Crippen molar-refractivity contribution in [3.05, 3.63) is 76.4 Å². The first-order valence-corrected chi connectivity index (χ1v) is 7.43. The normalized spacial score (nSPS) is 10.9. The smallest absolute Gasteiger partial charge is 0.126 e. The van der Waals surface area contributed by atoms with Gasteiger partial charge < -0.3 is 5.32 Å². The molecule has 0 unspecified atom stereocenters. The van der Waals surface area contributed by atoms with Crippen LogP contribution in [0.4, 0.5) is 8.78 Å². The van der Waals surface area contributed by atoms with E-state index in [1.165, 1.54) is 12.1 Å².